The maximum atomic E-state index is 12.9. The third-order valence-corrected chi connectivity index (χ3v) is 4.49. The molecule has 118 valence electrons. The van der Waals surface area contributed by atoms with Gasteiger partial charge in [0.2, 0.25) is 0 Å². The molecule has 0 aromatic carbocycles. The van der Waals surface area contributed by atoms with Crippen LogP contribution in [0.5, 0.6) is 0 Å². The molecular formula is C16H27N3O2. The fourth-order valence-electron chi connectivity index (χ4n) is 3.24. The molecule has 21 heavy (non-hydrogen) atoms. The summed E-state index contributed by atoms with van der Waals surface area (Å²) in [6, 6.07) is -0.0626. The number of nitrogens with zero attached hydrogens (tertiary/aromatic N) is 2. The number of nitrogens with one attached hydrogen (secondary N) is 1. The lowest BCUT2D eigenvalue weighted by atomic mass is 9.91. The van der Waals surface area contributed by atoms with Crippen LogP contribution in [0.3, 0.4) is 0 Å². The first-order chi connectivity index (χ1) is 10.1. The highest BCUT2D eigenvalue weighted by Gasteiger charge is 2.33. The summed E-state index contributed by atoms with van der Waals surface area (Å²) in [6.45, 7) is 6.72. The van der Waals surface area contributed by atoms with Gasteiger partial charge in [0, 0.05) is 17.8 Å². The largest absolute Gasteiger partial charge is 0.391 e. The topological polar surface area (TPSA) is 69.2 Å². The van der Waals surface area contributed by atoms with Gasteiger partial charge in [0.05, 0.1) is 12.1 Å². The van der Waals surface area contributed by atoms with Gasteiger partial charge in [0.25, 0.3) is 5.91 Å². The van der Waals surface area contributed by atoms with Crippen molar-refractivity contribution in [3.8, 4) is 0 Å². The summed E-state index contributed by atoms with van der Waals surface area (Å²) in [4.78, 5) is 14.7. The van der Waals surface area contributed by atoms with E-state index in [1.807, 2.05) is 18.7 Å². The number of aliphatic hydroxyl groups excluding tert-OH is 1. The van der Waals surface area contributed by atoms with Crippen LogP contribution in [-0.4, -0.2) is 44.8 Å². The first-order valence-corrected chi connectivity index (χ1v) is 8.13. The van der Waals surface area contributed by atoms with Crippen molar-refractivity contribution in [2.24, 2.45) is 0 Å². The summed E-state index contributed by atoms with van der Waals surface area (Å²) in [5.41, 5.74) is 2.46. The number of aliphatic hydroxyl groups is 1. The molecule has 1 fully saturated rings. The fraction of sp³-hybridized carbons (Fsp3) is 0.750. The van der Waals surface area contributed by atoms with Gasteiger partial charge in [0.1, 0.15) is 0 Å². The molecule has 1 saturated carbocycles. The van der Waals surface area contributed by atoms with Crippen molar-refractivity contribution in [2.75, 3.05) is 6.54 Å². The molecule has 1 heterocycles. The zero-order chi connectivity index (χ0) is 15.4. The Hall–Kier alpha value is -1.36. The second-order valence-electron chi connectivity index (χ2n) is 5.95. The molecule has 1 aromatic heterocycles. The normalized spacial score (nSPS) is 22.3. The van der Waals surface area contributed by atoms with E-state index in [-0.39, 0.29) is 11.9 Å². The molecule has 0 spiro atoms. The van der Waals surface area contributed by atoms with Crippen molar-refractivity contribution in [2.45, 2.75) is 71.4 Å². The van der Waals surface area contributed by atoms with Crippen LogP contribution in [0.15, 0.2) is 0 Å². The van der Waals surface area contributed by atoms with Crippen LogP contribution in [0.4, 0.5) is 0 Å². The first kappa shape index (κ1) is 16.0. The Morgan fingerprint density at radius 1 is 1.38 bits per heavy atom. The van der Waals surface area contributed by atoms with Gasteiger partial charge >= 0.3 is 0 Å². The number of rotatable bonds is 5. The Kier molecular flexibility index (Phi) is 5.39. The molecule has 0 bridgehead atoms. The van der Waals surface area contributed by atoms with Crippen LogP contribution in [0.25, 0.3) is 0 Å². The average Bonchev–Trinajstić information content (AvgIpc) is 2.86. The molecule has 0 aliphatic heterocycles. The number of hydrogen-bond acceptors (Lipinski definition) is 3. The molecule has 2 N–H and O–H groups in total. The Labute approximate surface area is 126 Å². The van der Waals surface area contributed by atoms with E-state index in [1.165, 1.54) is 0 Å². The second-order valence-corrected chi connectivity index (χ2v) is 5.95. The highest BCUT2D eigenvalue weighted by Crippen LogP contribution is 2.25. The van der Waals surface area contributed by atoms with Crippen LogP contribution in [0, 0.1) is 6.92 Å². The summed E-state index contributed by atoms with van der Waals surface area (Å²) in [5.74, 6) is -0.0451. The molecule has 0 unspecified atom stereocenters. The number of H-pyrrole nitrogens is 1. The Morgan fingerprint density at radius 3 is 2.67 bits per heavy atom. The molecule has 1 amide bonds. The SMILES string of the molecule is CCCN(C(=O)c1n[nH]c(CC)c1C)[C@H]1CCCC[C@@H]1O. The van der Waals surface area contributed by atoms with Crippen molar-refractivity contribution in [3.05, 3.63) is 17.0 Å². The van der Waals surface area contributed by atoms with E-state index in [0.717, 1.165) is 49.8 Å². The van der Waals surface area contributed by atoms with Crippen LogP contribution in [-0.2, 0) is 6.42 Å². The highest BCUT2D eigenvalue weighted by molar-refractivity contribution is 5.94. The molecule has 0 saturated heterocycles. The van der Waals surface area contributed by atoms with Gasteiger partial charge in [-0.1, -0.05) is 26.7 Å². The molecular weight excluding hydrogens is 266 g/mol. The van der Waals surface area contributed by atoms with Gasteiger partial charge < -0.3 is 10.0 Å². The van der Waals surface area contributed by atoms with Crippen LogP contribution < -0.4 is 0 Å². The number of carbonyl (C=O) groups excluding carboxylic acids is 1. The van der Waals surface area contributed by atoms with Crippen molar-refractivity contribution in [3.63, 3.8) is 0 Å². The van der Waals surface area contributed by atoms with Crippen LogP contribution in [0.1, 0.15) is 67.7 Å². The summed E-state index contributed by atoms with van der Waals surface area (Å²) in [6.07, 6.45) is 5.13. The number of hydrogen-bond donors (Lipinski definition) is 2. The minimum atomic E-state index is -0.404. The molecule has 1 aromatic rings. The summed E-state index contributed by atoms with van der Waals surface area (Å²) in [7, 11) is 0. The van der Waals surface area contributed by atoms with Gasteiger partial charge in [0.15, 0.2) is 5.69 Å². The lowest BCUT2D eigenvalue weighted by Crippen LogP contribution is -2.49. The van der Waals surface area contributed by atoms with E-state index in [2.05, 4.69) is 17.1 Å². The Morgan fingerprint density at radius 2 is 2.10 bits per heavy atom. The zero-order valence-corrected chi connectivity index (χ0v) is 13.4. The maximum absolute atomic E-state index is 12.9. The predicted molar refractivity (Wildman–Crippen MR) is 82.3 cm³/mol. The highest BCUT2D eigenvalue weighted by atomic mass is 16.3. The third-order valence-electron chi connectivity index (χ3n) is 4.49. The summed E-state index contributed by atoms with van der Waals surface area (Å²) in [5, 5.41) is 17.4. The average molecular weight is 293 g/mol. The molecule has 5 heteroatoms. The molecule has 1 aliphatic rings. The molecule has 2 atom stereocenters. The Bertz CT molecular complexity index is 484. The van der Waals surface area contributed by atoms with Crippen molar-refractivity contribution in [1.82, 2.24) is 15.1 Å². The van der Waals surface area contributed by atoms with Crippen LogP contribution in [0.2, 0.25) is 0 Å². The van der Waals surface area contributed by atoms with Crippen LogP contribution >= 0.6 is 0 Å². The van der Waals surface area contributed by atoms with E-state index in [1.54, 1.807) is 0 Å². The molecule has 1 aliphatic carbocycles. The lowest BCUT2D eigenvalue weighted by Gasteiger charge is -2.37. The zero-order valence-electron chi connectivity index (χ0n) is 13.4. The molecule has 5 nitrogen and oxygen atoms in total. The summed E-state index contributed by atoms with van der Waals surface area (Å²) < 4.78 is 0. The molecule has 0 radical (unpaired) electrons. The van der Waals surface area contributed by atoms with E-state index in [4.69, 9.17) is 0 Å². The lowest BCUT2D eigenvalue weighted by molar-refractivity contribution is 0.0174. The fourth-order valence-corrected chi connectivity index (χ4v) is 3.24. The standard InChI is InChI=1S/C16H27N3O2/c1-4-10-19(13-8-6-7-9-14(13)20)16(21)15-11(3)12(5-2)17-18-15/h13-14,20H,4-10H2,1-3H3,(H,17,18)/t13-,14-/m0/s1. The monoisotopic (exact) mass is 293 g/mol. The maximum Gasteiger partial charge on any atom is 0.274 e. The molecule has 2 rings (SSSR count). The van der Waals surface area contributed by atoms with Gasteiger partial charge in [-0.25, -0.2) is 0 Å². The number of aryl methyl sites for hydroxylation is 1. The van der Waals surface area contributed by atoms with Gasteiger partial charge in [-0.05, 0) is 32.6 Å². The van der Waals surface area contributed by atoms with Gasteiger partial charge in [-0.15, -0.1) is 0 Å². The smallest absolute Gasteiger partial charge is 0.274 e. The number of amides is 1. The van der Waals surface area contributed by atoms with Crippen molar-refractivity contribution >= 4 is 5.91 Å². The minimum Gasteiger partial charge on any atom is -0.391 e. The van der Waals surface area contributed by atoms with Gasteiger partial charge in [-0.3, -0.25) is 9.89 Å². The van der Waals surface area contributed by atoms with Crippen molar-refractivity contribution < 1.29 is 9.90 Å². The van der Waals surface area contributed by atoms with Gasteiger partial charge in [-0.2, -0.15) is 5.10 Å². The van der Waals surface area contributed by atoms with E-state index in [9.17, 15) is 9.90 Å². The number of aromatic nitrogens is 2. The Balaban J connectivity index is 2.24. The first-order valence-electron chi connectivity index (χ1n) is 8.13. The number of aromatic amines is 1. The number of carbonyl (C=O) groups is 1. The van der Waals surface area contributed by atoms with Crippen molar-refractivity contribution in [1.29, 1.82) is 0 Å². The predicted octanol–water partition coefficient (Wildman–Crippen LogP) is 2.44. The van der Waals surface area contributed by atoms with E-state index in [0.29, 0.717) is 12.2 Å². The summed E-state index contributed by atoms with van der Waals surface area (Å²) >= 11 is 0. The third kappa shape index (κ3) is 3.28. The van der Waals surface area contributed by atoms with E-state index < -0.39 is 6.10 Å². The minimum absolute atomic E-state index is 0.0451. The second kappa shape index (κ2) is 7.07. The van der Waals surface area contributed by atoms with E-state index >= 15 is 0 Å². The quantitative estimate of drug-likeness (QED) is 0.876.